The fourth-order valence-electron chi connectivity index (χ4n) is 10.6. The Labute approximate surface area is 596 Å². The first-order valence-corrected chi connectivity index (χ1v) is 42.2. The standard InChI is InChI=1S/C79H142O17P2/c1-5-9-13-17-21-25-29-33-36-40-44-48-52-56-60-64-77(82)90-70-75(96-79(84)66-62-58-54-50-46-42-38-35-31-27-23-19-15-11-7-3)72-94-98(87,88)92-68-73(80)67-91-97(85,86)93-71-74(69-89-76(81)63-59-55-51-47-43-39-32-28-24-20-16-12-8-4)95-78(83)65-61-57-53-49-45-41-37-34-30-26-22-18-14-10-6-2/h23,25,27-29,32-38,73-75,80H,5-22,24,26,30-31,39-72H2,1-4H3,(H,85,86)(H,87,88)/b27-23-,29-25-,32-28-,36-33-,37-34-,38-35-/t73-,74+,75+/m0/s1. The monoisotopic (exact) mass is 1420 g/mol. The average Bonchev–Trinajstić information content (AvgIpc) is 1.04. The van der Waals surface area contributed by atoms with Crippen LogP contribution in [0.5, 0.6) is 0 Å². The average molecular weight is 1430 g/mol. The van der Waals surface area contributed by atoms with Crippen molar-refractivity contribution in [1.82, 2.24) is 0 Å². The van der Waals surface area contributed by atoms with Crippen LogP contribution in [0.4, 0.5) is 0 Å². The molecule has 0 aliphatic carbocycles. The number of hydrogen-bond acceptors (Lipinski definition) is 15. The molecule has 3 N–H and O–H groups in total. The fourth-order valence-corrected chi connectivity index (χ4v) is 12.2. The van der Waals surface area contributed by atoms with E-state index in [1.807, 2.05) is 0 Å². The summed E-state index contributed by atoms with van der Waals surface area (Å²) in [6, 6.07) is 0. The summed E-state index contributed by atoms with van der Waals surface area (Å²) in [5.41, 5.74) is 0. The molecule has 0 fully saturated rings. The van der Waals surface area contributed by atoms with E-state index in [9.17, 15) is 43.2 Å². The first-order chi connectivity index (χ1) is 47.7. The van der Waals surface area contributed by atoms with Crippen molar-refractivity contribution >= 4 is 39.5 Å². The van der Waals surface area contributed by atoms with Crippen molar-refractivity contribution in [3.63, 3.8) is 0 Å². The first kappa shape index (κ1) is 94.5. The van der Waals surface area contributed by atoms with Gasteiger partial charge in [-0.05, 0) is 135 Å². The molecule has 0 saturated carbocycles. The maximum atomic E-state index is 13.1. The minimum absolute atomic E-state index is 0.0775. The third kappa shape index (κ3) is 70.9. The second-order valence-corrected chi connectivity index (χ2v) is 29.2. The number of unbranched alkanes of at least 4 members (excludes halogenated alkanes) is 37. The Morgan fingerprint density at radius 3 is 0.857 bits per heavy atom. The van der Waals surface area contributed by atoms with Crippen molar-refractivity contribution in [2.75, 3.05) is 39.6 Å². The van der Waals surface area contributed by atoms with Crippen LogP contribution >= 0.6 is 15.6 Å². The lowest BCUT2D eigenvalue weighted by Crippen LogP contribution is -2.30. The van der Waals surface area contributed by atoms with E-state index in [1.165, 1.54) is 109 Å². The predicted octanol–water partition coefficient (Wildman–Crippen LogP) is 22.4. The lowest BCUT2D eigenvalue weighted by Gasteiger charge is -2.21. The number of esters is 4. The Morgan fingerprint density at radius 1 is 0.296 bits per heavy atom. The van der Waals surface area contributed by atoms with E-state index < -0.39 is 97.5 Å². The molecule has 0 aromatic carbocycles. The van der Waals surface area contributed by atoms with Gasteiger partial charge in [0.25, 0.3) is 0 Å². The van der Waals surface area contributed by atoms with Gasteiger partial charge in [0, 0.05) is 25.7 Å². The zero-order chi connectivity index (χ0) is 71.8. The summed E-state index contributed by atoms with van der Waals surface area (Å²) in [4.78, 5) is 72.9. The summed E-state index contributed by atoms with van der Waals surface area (Å²) in [7, 11) is -9.95. The molecule has 0 amide bonds. The SMILES string of the molecule is CCCCC/C=C\C/C=C\CCCCCCCC(=O)O[C@H](COC(=O)CCCCCCC/C=C\C=C/CCCCCC)COP(=O)(O)OC[C@@H](O)COP(=O)(O)OC[C@@H](COC(=O)CCCCCCC/C=C\CCCCCC)OC(=O)CCCCCCC/C=C\CCCCCCCC. The highest BCUT2D eigenvalue weighted by molar-refractivity contribution is 7.47. The van der Waals surface area contributed by atoms with Gasteiger partial charge in [-0.25, -0.2) is 9.13 Å². The number of rotatable bonds is 74. The summed E-state index contributed by atoms with van der Waals surface area (Å²) in [6.07, 6.45) is 71.6. The van der Waals surface area contributed by atoms with Crippen molar-refractivity contribution in [3.8, 4) is 0 Å². The van der Waals surface area contributed by atoms with Gasteiger partial charge in [-0.15, -0.1) is 0 Å². The molecule has 570 valence electrons. The molecule has 0 bridgehead atoms. The van der Waals surface area contributed by atoms with Crippen molar-refractivity contribution in [2.45, 2.75) is 367 Å². The second kappa shape index (κ2) is 71.9. The number of aliphatic hydroxyl groups excluding tert-OH is 1. The maximum Gasteiger partial charge on any atom is 0.472 e. The molecule has 0 radical (unpaired) electrons. The summed E-state index contributed by atoms with van der Waals surface area (Å²) in [5.74, 6) is -2.20. The molecule has 17 nitrogen and oxygen atoms in total. The zero-order valence-corrected chi connectivity index (χ0v) is 64.0. The molecule has 0 spiro atoms. The second-order valence-electron chi connectivity index (χ2n) is 26.3. The third-order valence-corrected chi connectivity index (χ3v) is 18.5. The fraction of sp³-hybridized carbons (Fsp3) is 0.797. The lowest BCUT2D eigenvalue weighted by molar-refractivity contribution is -0.161. The van der Waals surface area contributed by atoms with Crippen LogP contribution in [0.15, 0.2) is 72.9 Å². The summed E-state index contributed by atoms with van der Waals surface area (Å²) >= 11 is 0. The van der Waals surface area contributed by atoms with Gasteiger partial charge in [0.1, 0.15) is 19.3 Å². The van der Waals surface area contributed by atoms with E-state index in [2.05, 4.69) is 101 Å². The maximum absolute atomic E-state index is 13.1. The van der Waals surface area contributed by atoms with Gasteiger partial charge in [0.2, 0.25) is 0 Å². The van der Waals surface area contributed by atoms with E-state index in [-0.39, 0.29) is 25.7 Å². The van der Waals surface area contributed by atoms with Crippen LogP contribution < -0.4 is 0 Å². The molecular formula is C79H142O17P2. The smallest absolute Gasteiger partial charge is 0.462 e. The first-order valence-electron chi connectivity index (χ1n) is 39.2. The van der Waals surface area contributed by atoms with Crippen molar-refractivity contribution in [2.24, 2.45) is 0 Å². The highest BCUT2D eigenvalue weighted by Crippen LogP contribution is 2.45. The van der Waals surface area contributed by atoms with Crippen LogP contribution in [0.1, 0.15) is 349 Å². The van der Waals surface area contributed by atoms with Gasteiger partial charge in [-0.3, -0.25) is 37.3 Å². The van der Waals surface area contributed by atoms with E-state index in [4.69, 9.17) is 37.0 Å². The molecule has 0 aromatic rings. The van der Waals surface area contributed by atoms with Gasteiger partial charge < -0.3 is 33.8 Å². The van der Waals surface area contributed by atoms with Gasteiger partial charge in [-0.2, -0.15) is 0 Å². The third-order valence-electron chi connectivity index (χ3n) is 16.6. The van der Waals surface area contributed by atoms with Crippen LogP contribution in [0, 0.1) is 0 Å². The molecule has 5 atom stereocenters. The molecule has 0 aliphatic heterocycles. The van der Waals surface area contributed by atoms with Crippen molar-refractivity contribution in [3.05, 3.63) is 72.9 Å². The highest BCUT2D eigenvalue weighted by atomic mass is 31.2. The normalized spacial score (nSPS) is 14.3. The molecule has 0 heterocycles. The number of phosphoric acid groups is 2. The van der Waals surface area contributed by atoms with Crippen LogP contribution in [-0.4, -0.2) is 96.7 Å². The van der Waals surface area contributed by atoms with Gasteiger partial charge >= 0.3 is 39.5 Å². The largest absolute Gasteiger partial charge is 0.472 e. The van der Waals surface area contributed by atoms with E-state index in [0.717, 1.165) is 161 Å². The van der Waals surface area contributed by atoms with Crippen LogP contribution in [0.25, 0.3) is 0 Å². The molecular weight excluding hydrogens is 1280 g/mol. The van der Waals surface area contributed by atoms with E-state index >= 15 is 0 Å². The molecule has 0 aliphatic rings. The lowest BCUT2D eigenvalue weighted by atomic mass is 10.1. The minimum atomic E-state index is -4.98. The molecule has 0 saturated heterocycles. The number of carbonyl (C=O) groups is 4. The van der Waals surface area contributed by atoms with Crippen molar-refractivity contribution in [1.29, 1.82) is 0 Å². The predicted molar refractivity (Wildman–Crippen MR) is 400 cm³/mol. The Kier molecular flexibility index (Phi) is 69.3. The van der Waals surface area contributed by atoms with E-state index in [0.29, 0.717) is 25.7 Å². The molecule has 2 unspecified atom stereocenters. The number of allylic oxidation sites excluding steroid dienone is 12. The minimum Gasteiger partial charge on any atom is -0.462 e. The van der Waals surface area contributed by atoms with Gasteiger partial charge in [0.05, 0.1) is 26.4 Å². The van der Waals surface area contributed by atoms with Crippen LogP contribution in [-0.2, 0) is 65.4 Å². The number of hydrogen-bond donors (Lipinski definition) is 3. The quantitative estimate of drug-likeness (QED) is 0.0128. The Bertz CT molecular complexity index is 2140. The number of ether oxygens (including phenoxy) is 4. The Balaban J connectivity index is 5.37. The van der Waals surface area contributed by atoms with Crippen molar-refractivity contribution < 1.29 is 80.2 Å². The van der Waals surface area contributed by atoms with E-state index in [1.54, 1.807) is 0 Å². The Hall–Kier alpha value is -3.50. The van der Waals surface area contributed by atoms with Crippen LogP contribution in [0.2, 0.25) is 0 Å². The zero-order valence-electron chi connectivity index (χ0n) is 62.2. The van der Waals surface area contributed by atoms with Gasteiger partial charge in [-0.1, -0.05) is 261 Å². The summed E-state index contributed by atoms with van der Waals surface area (Å²) < 4.78 is 68.5. The summed E-state index contributed by atoms with van der Waals surface area (Å²) in [6.45, 7) is 4.80. The highest BCUT2D eigenvalue weighted by Gasteiger charge is 2.30. The molecule has 19 heteroatoms. The number of carbonyl (C=O) groups excluding carboxylic acids is 4. The van der Waals surface area contributed by atoms with Crippen LogP contribution in [0.3, 0.4) is 0 Å². The van der Waals surface area contributed by atoms with Gasteiger partial charge in [0.15, 0.2) is 12.2 Å². The summed E-state index contributed by atoms with van der Waals surface area (Å²) in [5, 5.41) is 10.6. The number of phosphoric ester groups is 2. The Morgan fingerprint density at radius 2 is 0.531 bits per heavy atom. The molecule has 0 rings (SSSR count). The number of aliphatic hydroxyl groups is 1. The molecule has 0 aromatic heterocycles. The topological polar surface area (TPSA) is 237 Å². The molecule has 98 heavy (non-hydrogen) atoms.